The molecule has 2 amide bonds. The molecular weight excluding hydrogens is 674 g/mol. The van der Waals surface area contributed by atoms with E-state index in [4.69, 9.17) is 4.98 Å². The molecule has 0 radical (unpaired) electrons. The summed E-state index contributed by atoms with van der Waals surface area (Å²) < 4.78 is 0. The topological polar surface area (TPSA) is 220 Å². The fourth-order valence-corrected chi connectivity index (χ4v) is 6.35. The standard InChI is InChI=1S/C35H59N9O8/c45-31(6-1-7-32(46)44-15-4-10-37-13-12-36-8-3-9-38-14-16-44)39-11-2-5-28-21-29-23-42(26-34(49)50)19-17-41(25-33(47)48)18-20-43(27-35(51)52)24-30(22-28)40-29/h21-22,36-38H,1-20,23-27H2,(H,39,45)(H,47,48)(H,49,50)(H,51,52). The van der Waals surface area contributed by atoms with Gasteiger partial charge in [0.15, 0.2) is 0 Å². The Hall–Kier alpha value is -3.74. The number of carbonyl (C=O) groups excluding carboxylic acids is 2. The predicted octanol–water partition coefficient (Wildman–Crippen LogP) is -1.13. The van der Waals surface area contributed by atoms with Gasteiger partial charge in [0, 0.05) is 91.4 Å². The molecule has 17 nitrogen and oxygen atoms in total. The highest BCUT2D eigenvalue weighted by Crippen LogP contribution is 2.14. The van der Waals surface area contributed by atoms with E-state index in [1.165, 1.54) is 0 Å². The summed E-state index contributed by atoms with van der Waals surface area (Å²) in [4.78, 5) is 72.1. The van der Waals surface area contributed by atoms with Crippen LogP contribution in [0.4, 0.5) is 0 Å². The maximum atomic E-state index is 13.0. The van der Waals surface area contributed by atoms with Crippen molar-refractivity contribution >= 4 is 29.7 Å². The van der Waals surface area contributed by atoms with Crippen LogP contribution in [-0.2, 0) is 43.5 Å². The third-order valence-corrected chi connectivity index (χ3v) is 8.94. The minimum atomic E-state index is -1.01. The Kier molecular flexibility index (Phi) is 20.1. The number of aromatic nitrogens is 1. The Bertz CT molecular complexity index is 1220. The van der Waals surface area contributed by atoms with Crippen LogP contribution in [0.15, 0.2) is 12.1 Å². The highest BCUT2D eigenvalue weighted by atomic mass is 16.4. The van der Waals surface area contributed by atoms with Crippen LogP contribution < -0.4 is 21.3 Å². The number of nitrogens with one attached hydrogen (secondary N) is 4. The Balaban J connectivity index is 1.52. The first kappa shape index (κ1) is 42.7. The molecule has 2 aliphatic heterocycles. The minimum absolute atomic E-state index is 0.0695. The van der Waals surface area contributed by atoms with Crippen LogP contribution in [0.3, 0.4) is 0 Å². The summed E-state index contributed by atoms with van der Waals surface area (Å²) in [6.07, 6.45) is 4.22. The molecule has 1 fully saturated rings. The van der Waals surface area contributed by atoms with Crippen LogP contribution in [0.2, 0.25) is 0 Å². The van der Waals surface area contributed by atoms with E-state index in [0.29, 0.717) is 82.9 Å². The van der Waals surface area contributed by atoms with Crippen molar-refractivity contribution in [2.75, 3.05) is 105 Å². The number of carboxylic acids is 3. The lowest BCUT2D eigenvalue weighted by Gasteiger charge is -2.29. The molecule has 2 bridgehead atoms. The number of hydrogen-bond donors (Lipinski definition) is 7. The molecule has 0 unspecified atom stereocenters. The molecule has 1 aromatic heterocycles. The molecule has 292 valence electrons. The fraction of sp³-hybridized carbons (Fsp3) is 0.714. The lowest BCUT2D eigenvalue weighted by Crippen LogP contribution is -2.44. The van der Waals surface area contributed by atoms with E-state index >= 15 is 0 Å². The average Bonchev–Trinajstić information content (AvgIpc) is 3.07. The fourth-order valence-electron chi connectivity index (χ4n) is 6.35. The van der Waals surface area contributed by atoms with Crippen LogP contribution >= 0.6 is 0 Å². The second-order valence-electron chi connectivity index (χ2n) is 13.5. The van der Waals surface area contributed by atoms with E-state index in [-0.39, 0.29) is 51.0 Å². The number of aliphatic carboxylic acids is 3. The van der Waals surface area contributed by atoms with E-state index in [1.54, 1.807) is 14.7 Å². The third kappa shape index (κ3) is 18.7. The minimum Gasteiger partial charge on any atom is -0.480 e. The predicted molar refractivity (Wildman–Crippen MR) is 194 cm³/mol. The van der Waals surface area contributed by atoms with Gasteiger partial charge >= 0.3 is 17.9 Å². The van der Waals surface area contributed by atoms with Gasteiger partial charge in [0.1, 0.15) is 0 Å². The molecule has 0 saturated carbocycles. The zero-order chi connectivity index (χ0) is 37.6. The zero-order valence-corrected chi connectivity index (χ0v) is 30.5. The van der Waals surface area contributed by atoms with Crippen LogP contribution in [0, 0.1) is 0 Å². The van der Waals surface area contributed by atoms with E-state index in [2.05, 4.69) is 21.3 Å². The number of pyridine rings is 1. The highest BCUT2D eigenvalue weighted by molar-refractivity contribution is 5.79. The van der Waals surface area contributed by atoms with E-state index < -0.39 is 17.9 Å². The van der Waals surface area contributed by atoms with Crippen molar-refractivity contribution in [3.05, 3.63) is 29.1 Å². The van der Waals surface area contributed by atoms with Crippen molar-refractivity contribution in [3.8, 4) is 0 Å². The summed E-state index contributed by atoms with van der Waals surface area (Å²) in [6, 6.07) is 3.80. The van der Waals surface area contributed by atoms with E-state index in [9.17, 15) is 39.3 Å². The lowest BCUT2D eigenvalue weighted by atomic mass is 10.1. The van der Waals surface area contributed by atoms with Gasteiger partial charge in [-0.05, 0) is 69.4 Å². The Labute approximate surface area is 306 Å². The number of fused-ring (bicyclic) bond motifs is 2. The molecule has 52 heavy (non-hydrogen) atoms. The lowest BCUT2D eigenvalue weighted by molar-refractivity contribution is -0.140. The van der Waals surface area contributed by atoms with Gasteiger partial charge in [-0.25, -0.2) is 0 Å². The number of aryl methyl sites for hydroxylation is 1. The maximum absolute atomic E-state index is 13.0. The molecule has 0 spiro atoms. The number of hydrogen-bond acceptors (Lipinski definition) is 12. The molecule has 7 N–H and O–H groups in total. The largest absolute Gasteiger partial charge is 0.480 e. The van der Waals surface area contributed by atoms with Gasteiger partial charge in [-0.2, -0.15) is 0 Å². The van der Waals surface area contributed by atoms with E-state index in [1.807, 2.05) is 17.0 Å². The number of rotatable bonds is 14. The first-order valence-corrected chi connectivity index (χ1v) is 18.5. The Morgan fingerprint density at radius 3 is 1.77 bits per heavy atom. The smallest absolute Gasteiger partial charge is 0.317 e. The van der Waals surface area contributed by atoms with Gasteiger partial charge in [0.05, 0.1) is 31.0 Å². The molecule has 1 saturated heterocycles. The summed E-state index contributed by atoms with van der Waals surface area (Å²) in [7, 11) is 0. The summed E-state index contributed by atoms with van der Waals surface area (Å²) >= 11 is 0. The SMILES string of the molecule is O=C(O)CN1CCN(CC(=O)O)Cc2cc(CCCNC(=O)CCCC(=O)N3CCCNCCNCCCNCC3)cc(n2)CN(CC(=O)O)CC1. The van der Waals surface area contributed by atoms with Crippen molar-refractivity contribution in [1.82, 2.24) is 45.9 Å². The first-order chi connectivity index (χ1) is 25.1. The van der Waals surface area contributed by atoms with Crippen molar-refractivity contribution in [2.24, 2.45) is 0 Å². The first-order valence-electron chi connectivity index (χ1n) is 18.5. The van der Waals surface area contributed by atoms with Crippen LogP contribution in [0.25, 0.3) is 0 Å². The number of amides is 2. The average molecular weight is 734 g/mol. The summed E-state index contributed by atoms with van der Waals surface area (Å²) in [6.45, 7) is 7.99. The van der Waals surface area contributed by atoms with Crippen molar-refractivity contribution in [3.63, 3.8) is 0 Å². The quantitative estimate of drug-likeness (QED) is 0.113. The molecule has 1 aromatic rings. The Morgan fingerprint density at radius 2 is 1.17 bits per heavy atom. The molecule has 0 atom stereocenters. The van der Waals surface area contributed by atoms with Gasteiger partial charge in [-0.3, -0.25) is 43.7 Å². The van der Waals surface area contributed by atoms with Crippen molar-refractivity contribution in [1.29, 1.82) is 0 Å². The van der Waals surface area contributed by atoms with Crippen molar-refractivity contribution in [2.45, 2.75) is 58.0 Å². The van der Waals surface area contributed by atoms with Crippen LogP contribution in [0.5, 0.6) is 0 Å². The molecule has 0 aliphatic carbocycles. The van der Waals surface area contributed by atoms with Crippen LogP contribution in [0.1, 0.15) is 55.5 Å². The molecule has 0 aromatic carbocycles. The molecule has 2 aliphatic rings. The van der Waals surface area contributed by atoms with Crippen LogP contribution in [-0.4, -0.2) is 174 Å². The van der Waals surface area contributed by atoms with Gasteiger partial charge in [0.25, 0.3) is 0 Å². The number of carbonyl (C=O) groups is 5. The molecule has 3 rings (SSSR count). The zero-order valence-electron chi connectivity index (χ0n) is 30.5. The monoisotopic (exact) mass is 733 g/mol. The summed E-state index contributed by atoms with van der Waals surface area (Å²) in [5, 5.41) is 41.6. The highest BCUT2D eigenvalue weighted by Gasteiger charge is 2.20. The number of carboxylic acid groups (broad SMARTS) is 3. The molecule has 17 heteroatoms. The van der Waals surface area contributed by atoms with Crippen molar-refractivity contribution < 1.29 is 39.3 Å². The summed E-state index contributed by atoms with van der Waals surface area (Å²) in [5.41, 5.74) is 2.21. The summed E-state index contributed by atoms with van der Waals surface area (Å²) in [5.74, 6) is -3.06. The Morgan fingerprint density at radius 1 is 0.635 bits per heavy atom. The molecular formula is C35H59N9O8. The second kappa shape index (κ2) is 24.5. The van der Waals surface area contributed by atoms with Gasteiger partial charge in [-0.1, -0.05) is 0 Å². The second-order valence-corrected chi connectivity index (χ2v) is 13.5. The van der Waals surface area contributed by atoms with E-state index in [0.717, 1.165) is 57.7 Å². The normalized spacial score (nSPS) is 18.3. The number of nitrogens with zero attached hydrogens (tertiary/aromatic N) is 5. The van der Waals surface area contributed by atoms with Gasteiger partial charge < -0.3 is 41.5 Å². The maximum Gasteiger partial charge on any atom is 0.317 e. The third-order valence-electron chi connectivity index (χ3n) is 8.94. The molecule has 3 heterocycles. The van der Waals surface area contributed by atoms with Gasteiger partial charge in [-0.15, -0.1) is 0 Å². The van der Waals surface area contributed by atoms with Gasteiger partial charge in [0.2, 0.25) is 11.8 Å².